The zero-order valence-corrected chi connectivity index (χ0v) is 18.1. The minimum Gasteiger partial charge on any atom is -0.491 e. The Labute approximate surface area is 176 Å². The number of carbonyl (C=O) groups excluding carboxylic acids is 1. The fraction of sp³-hybridized carbons (Fsp3) is 0.381. The maximum absolute atomic E-state index is 12.9. The quantitative estimate of drug-likeness (QED) is 0.675. The van der Waals surface area contributed by atoms with Crippen LogP contribution in [-0.4, -0.2) is 44.4 Å². The highest BCUT2D eigenvalue weighted by atomic mass is 35.5. The minimum absolute atomic E-state index is 0.139. The number of hydrogen-bond acceptors (Lipinski definition) is 4. The Morgan fingerprint density at radius 2 is 1.93 bits per heavy atom. The van der Waals surface area contributed by atoms with Crippen LogP contribution in [0.25, 0.3) is 0 Å². The normalized spacial score (nSPS) is 17.3. The first kappa shape index (κ1) is 21.6. The van der Waals surface area contributed by atoms with E-state index >= 15 is 0 Å². The van der Waals surface area contributed by atoms with Gasteiger partial charge in [-0.05, 0) is 68.1 Å². The second kappa shape index (κ2) is 9.15. The zero-order chi connectivity index (χ0) is 21.0. The van der Waals surface area contributed by atoms with E-state index in [1.807, 2.05) is 32.0 Å². The monoisotopic (exact) mass is 436 g/mol. The molecule has 1 amide bonds. The number of aryl methyl sites for hydroxylation is 2. The summed E-state index contributed by atoms with van der Waals surface area (Å²) in [5.41, 5.74) is 2.13. The Bertz CT molecular complexity index is 977. The van der Waals surface area contributed by atoms with E-state index in [9.17, 15) is 13.2 Å². The van der Waals surface area contributed by atoms with Gasteiger partial charge in [0.25, 0.3) is 0 Å². The Morgan fingerprint density at radius 1 is 1.21 bits per heavy atom. The highest BCUT2D eigenvalue weighted by molar-refractivity contribution is 7.89. The van der Waals surface area contributed by atoms with E-state index in [-0.39, 0.29) is 10.8 Å². The van der Waals surface area contributed by atoms with Crippen LogP contribution in [0, 0.1) is 13.8 Å². The Balaban J connectivity index is 1.58. The van der Waals surface area contributed by atoms with Gasteiger partial charge >= 0.3 is 0 Å². The molecule has 0 aliphatic carbocycles. The molecule has 0 aromatic heterocycles. The summed E-state index contributed by atoms with van der Waals surface area (Å²) < 4.78 is 32.9. The number of ether oxygens (including phenoxy) is 1. The number of rotatable bonds is 7. The molecule has 1 saturated heterocycles. The summed E-state index contributed by atoms with van der Waals surface area (Å²) in [6, 6.07) is 11.2. The number of nitrogens with zero attached hydrogens (tertiary/aromatic N) is 1. The van der Waals surface area contributed by atoms with Crippen molar-refractivity contribution in [3.05, 3.63) is 58.6 Å². The van der Waals surface area contributed by atoms with Crippen LogP contribution in [0.5, 0.6) is 5.75 Å². The first-order chi connectivity index (χ1) is 13.8. The molecule has 3 rings (SSSR count). The van der Waals surface area contributed by atoms with Gasteiger partial charge < -0.3 is 10.1 Å². The van der Waals surface area contributed by atoms with E-state index < -0.39 is 16.1 Å². The van der Waals surface area contributed by atoms with Gasteiger partial charge in [0.05, 0.1) is 11.4 Å². The molecule has 1 atom stereocenters. The van der Waals surface area contributed by atoms with E-state index in [0.29, 0.717) is 37.6 Å². The molecule has 8 heteroatoms. The predicted molar refractivity (Wildman–Crippen MR) is 113 cm³/mol. The lowest BCUT2D eigenvalue weighted by Gasteiger charge is -2.23. The summed E-state index contributed by atoms with van der Waals surface area (Å²) in [4.78, 5) is 12.8. The van der Waals surface area contributed by atoms with Gasteiger partial charge in [-0.1, -0.05) is 23.7 Å². The lowest BCUT2D eigenvalue weighted by atomic mass is 10.1. The first-order valence-electron chi connectivity index (χ1n) is 9.54. The molecular weight excluding hydrogens is 412 g/mol. The fourth-order valence-corrected chi connectivity index (χ4v) is 5.13. The summed E-state index contributed by atoms with van der Waals surface area (Å²) in [7, 11) is -3.75. The van der Waals surface area contributed by atoms with Crippen molar-refractivity contribution in [3.63, 3.8) is 0 Å². The molecule has 1 aliphatic heterocycles. The van der Waals surface area contributed by atoms with Crippen molar-refractivity contribution < 1.29 is 17.9 Å². The molecule has 0 radical (unpaired) electrons. The van der Waals surface area contributed by atoms with E-state index in [0.717, 1.165) is 16.9 Å². The molecule has 29 heavy (non-hydrogen) atoms. The van der Waals surface area contributed by atoms with Crippen molar-refractivity contribution >= 4 is 27.5 Å². The van der Waals surface area contributed by atoms with Crippen molar-refractivity contribution in [2.75, 3.05) is 19.7 Å². The van der Waals surface area contributed by atoms with Gasteiger partial charge in [0.1, 0.15) is 18.4 Å². The van der Waals surface area contributed by atoms with Gasteiger partial charge in [-0.3, -0.25) is 4.79 Å². The van der Waals surface area contributed by atoms with Crippen LogP contribution >= 0.6 is 11.6 Å². The van der Waals surface area contributed by atoms with Gasteiger partial charge in [0.2, 0.25) is 15.9 Å². The van der Waals surface area contributed by atoms with Crippen LogP contribution in [0.1, 0.15) is 24.0 Å². The Morgan fingerprint density at radius 3 is 2.66 bits per heavy atom. The molecule has 1 aliphatic rings. The van der Waals surface area contributed by atoms with E-state index in [4.69, 9.17) is 16.3 Å². The molecule has 1 fully saturated rings. The number of nitrogens with one attached hydrogen (secondary N) is 1. The summed E-state index contributed by atoms with van der Waals surface area (Å²) in [5, 5.41) is 3.26. The summed E-state index contributed by atoms with van der Waals surface area (Å²) in [6.07, 6.45) is 1.14. The van der Waals surface area contributed by atoms with Gasteiger partial charge in [-0.2, -0.15) is 4.31 Å². The number of sulfonamides is 1. The third-order valence-electron chi connectivity index (χ3n) is 4.93. The topological polar surface area (TPSA) is 75.7 Å². The number of benzene rings is 2. The van der Waals surface area contributed by atoms with Crippen LogP contribution in [-0.2, 0) is 14.8 Å². The highest BCUT2D eigenvalue weighted by Gasteiger charge is 2.39. The predicted octanol–water partition coefficient (Wildman–Crippen LogP) is 3.31. The highest BCUT2D eigenvalue weighted by Crippen LogP contribution is 2.27. The van der Waals surface area contributed by atoms with Gasteiger partial charge in [0, 0.05) is 11.6 Å². The Kier molecular flexibility index (Phi) is 6.82. The minimum atomic E-state index is -3.75. The van der Waals surface area contributed by atoms with Crippen LogP contribution in [0.4, 0.5) is 0 Å². The third kappa shape index (κ3) is 5.10. The number of halogens is 1. The van der Waals surface area contributed by atoms with Crippen LogP contribution < -0.4 is 10.1 Å². The molecule has 1 heterocycles. The molecule has 2 aromatic rings. The molecule has 6 nitrogen and oxygen atoms in total. The third-order valence-corrected chi connectivity index (χ3v) is 7.10. The SMILES string of the molecule is Cc1ccc(C)c(OCCNC(=O)C2CCCN2S(=O)(=O)c2ccc(Cl)cc2)c1. The average molecular weight is 437 g/mol. The van der Waals surface area contributed by atoms with Gasteiger partial charge in [-0.25, -0.2) is 8.42 Å². The standard InChI is InChI=1S/C21H25ClN2O4S/c1-15-5-6-16(2)20(14-15)28-13-11-23-21(25)19-4-3-12-24(19)29(26,27)18-9-7-17(22)8-10-18/h5-10,14,19H,3-4,11-13H2,1-2H3,(H,23,25). The van der Waals surface area contributed by atoms with Crippen LogP contribution in [0.3, 0.4) is 0 Å². The maximum Gasteiger partial charge on any atom is 0.243 e. The van der Waals surface area contributed by atoms with Gasteiger partial charge in [0.15, 0.2) is 0 Å². The second-order valence-corrected chi connectivity index (χ2v) is 9.46. The molecule has 0 spiro atoms. The summed E-state index contributed by atoms with van der Waals surface area (Å²) in [6.45, 7) is 4.89. The van der Waals surface area contributed by atoms with E-state index in [1.165, 1.54) is 28.6 Å². The summed E-state index contributed by atoms with van der Waals surface area (Å²) >= 11 is 5.85. The average Bonchev–Trinajstić information content (AvgIpc) is 3.19. The Hall–Kier alpha value is -2.09. The van der Waals surface area contributed by atoms with Crippen molar-refractivity contribution in [1.29, 1.82) is 0 Å². The largest absolute Gasteiger partial charge is 0.491 e. The van der Waals surface area contributed by atoms with E-state index in [1.54, 1.807) is 0 Å². The van der Waals surface area contributed by atoms with Crippen molar-refractivity contribution in [1.82, 2.24) is 9.62 Å². The summed E-state index contributed by atoms with van der Waals surface area (Å²) in [5.74, 6) is 0.483. The molecule has 1 unspecified atom stereocenters. The number of hydrogen-bond donors (Lipinski definition) is 1. The molecular formula is C21H25ClN2O4S. The second-order valence-electron chi connectivity index (χ2n) is 7.14. The zero-order valence-electron chi connectivity index (χ0n) is 16.5. The number of carbonyl (C=O) groups is 1. The fourth-order valence-electron chi connectivity index (χ4n) is 3.35. The molecule has 0 saturated carbocycles. The van der Waals surface area contributed by atoms with Crippen molar-refractivity contribution in [2.45, 2.75) is 37.6 Å². The van der Waals surface area contributed by atoms with E-state index in [2.05, 4.69) is 5.32 Å². The molecule has 0 bridgehead atoms. The van der Waals surface area contributed by atoms with Crippen molar-refractivity contribution in [3.8, 4) is 5.75 Å². The lowest BCUT2D eigenvalue weighted by molar-refractivity contribution is -0.124. The maximum atomic E-state index is 12.9. The lowest BCUT2D eigenvalue weighted by Crippen LogP contribution is -2.46. The van der Waals surface area contributed by atoms with Crippen molar-refractivity contribution in [2.24, 2.45) is 0 Å². The molecule has 1 N–H and O–H groups in total. The molecule has 2 aromatic carbocycles. The van der Waals surface area contributed by atoms with Crippen LogP contribution in [0.2, 0.25) is 5.02 Å². The van der Waals surface area contributed by atoms with Gasteiger partial charge in [-0.15, -0.1) is 0 Å². The smallest absolute Gasteiger partial charge is 0.243 e. The number of amides is 1. The molecule has 156 valence electrons. The first-order valence-corrected chi connectivity index (χ1v) is 11.4. The van der Waals surface area contributed by atoms with Crippen LogP contribution in [0.15, 0.2) is 47.4 Å².